The third-order valence-electron chi connectivity index (χ3n) is 11.9. The third-order valence-corrected chi connectivity index (χ3v) is 13.1. The van der Waals surface area contributed by atoms with Gasteiger partial charge in [-0.1, -0.05) is 11.6 Å². The first-order chi connectivity index (χ1) is 24.6. The maximum absolute atomic E-state index is 16.9. The summed E-state index contributed by atoms with van der Waals surface area (Å²) >= 11 is 1.01. The van der Waals surface area contributed by atoms with E-state index in [0.717, 1.165) is 75.9 Å². The van der Waals surface area contributed by atoms with Crippen molar-refractivity contribution in [2.24, 2.45) is 15.8 Å². The molecule has 1 spiro atoms. The van der Waals surface area contributed by atoms with Gasteiger partial charge in [-0.05, 0) is 97.2 Å². The van der Waals surface area contributed by atoms with Crippen LogP contribution in [0.5, 0.6) is 6.01 Å². The van der Waals surface area contributed by atoms with E-state index in [1.165, 1.54) is 25.0 Å². The lowest BCUT2D eigenvalue weighted by Gasteiger charge is -2.49. The molecule has 3 saturated carbocycles. The summed E-state index contributed by atoms with van der Waals surface area (Å²) < 4.78 is 44.4. The molecular weight excluding hydrogens is 669 g/mol. The molecule has 8 rings (SSSR count). The average molecular weight is 712 g/mol. The van der Waals surface area contributed by atoms with Gasteiger partial charge in [-0.25, -0.2) is 8.78 Å². The number of aliphatic imine (C=N–C) groups is 1. The van der Waals surface area contributed by atoms with Crippen molar-refractivity contribution >= 4 is 49.9 Å². The molecule has 0 unspecified atom stereocenters. The van der Waals surface area contributed by atoms with Crippen LogP contribution in [0.25, 0.3) is 32.2 Å². The van der Waals surface area contributed by atoms with Crippen molar-refractivity contribution in [1.29, 1.82) is 5.26 Å². The van der Waals surface area contributed by atoms with Crippen molar-refractivity contribution in [2.75, 3.05) is 52.4 Å². The summed E-state index contributed by atoms with van der Waals surface area (Å²) in [6.45, 7) is 6.34. The van der Waals surface area contributed by atoms with E-state index in [-0.39, 0.29) is 59.8 Å². The Kier molecular flexibility index (Phi) is 8.59. The number of benzene rings is 1. The highest BCUT2D eigenvalue weighted by molar-refractivity contribution is 7.23. The van der Waals surface area contributed by atoms with Crippen molar-refractivity contribution in [1.82, 2.24) is 19.9 Å². The monoisotopic (exact) mass is 711 g/mol. The number of likely N-dealkylation sites (N-methyl/N-ethyl adjacent to an activating group) is 2. The second kappa shape index (κ2) is 12.9. The molecule has 4 heterocycles. The van der Waals surface area contributed by atoms with Gasteiger partial charge in [0.05, 0.1) is 28.9 Å². The summed E-state index contributed by atoms with van der Waals surface area (Å²) in [4.78, 5) is 22.4. The number of fused-ring (bicyclic) bond motifs is 2. The predicted molar refractivity (Wildman–Crippen MR) is 197 cm³/mol. The molecule has 0 bridgehead atoms. The van der Waals surface area contributed by atoms with Crippen molar-refractivity contribution in [3.8, 4) is 23.3 Å². The Morgan fingerprint density at radius 1 is 1.12 bits per heavy atom. The van der Waals surface area contributed by atoms with Gasteiger partial charge in [-0.15, -0.1) is 11.3 Å². The first-order valence-electron chi connectivity index (χ1n) is 17.9. The van der Waals surface area contributed by atoms with Crippen LogP contribution in [0.3, 0.4) is 0 Å². The molecule has 3 aromatic heterocycles. The van der Waals surface area contributed by atoms with Gasteiger partial charge in [0.15, 0.2) is 5.82 Å². The fourth-order valence-electron chi connectivity index (χ4n) is 8.05. The van der Waals surface area contributed by atoms with Gasteiger partial charge in [0.1, 0.15) is 33.9 Å². The lowest BCUT2D eigenvalue weighted by molar-refractivity contribution is 0.0682. The standard InChI is InChI=1S/C39H43F2N7O2S/c1-43-35-26(19-42)29-25(8-9-28(40)33(29)51-35)31-30(41)32-27(20-44-31)34(48(4)21-39(47(2)3)11-6-12-39)46-36(45-32)50-22-37(14-15-37)13-10-24-7-5-18-49-23-38(24)16-17-38/h8-10,20H,1,5-7,11-18,21-23H2,2-4H3/b24-10-. The van der Waals surface area contributed by atoms with E-state index in [4.69, 9.17) is 14.5 Å². The minimum atomic E-state index is -0.687. The first kappa shape index (κ1) is 34.1. The molecule has 1 saturated heterocycles. The number of anilines is 1. The van der Waals surface area contributed by atoms with Crippen LogP contribution in [0, 0.1) is 33.8 Å². The topological polar surface area (TPSA) is 99.8 Å². The van der Waals surface area contributed by atoms with Crippen LogP contribution in [0.2, 0.25) is 0 Å². The fourth-order valence-corrected chi connectivity index (χ4v) is 9.04. The zero-order valence-electron chi connectivity index (χ0n) is 29.5. The molecule has 0 N–H and O–H groups in total. The van der Waals surface area contributed by atoms with Crippen molar-refractivity contribution in [3.05, 3.63) is 47.2 Å². The number of nitriles is 1. The van der Waals surface area contributed by atoms with E-state index in [0.29, 0.717) is 24.4 Å². The number of ether oxygens (including phenoxy) is 2. The average Bonchev–Trinajstić information content (AvgIpc) is 4.04. The van der Waals surface area contributed by atoms with Crippen LogP contribution in [0.1, 0.15) is 69.8 Å². The van der Waals surface area contributed by atoms with Gasteiger partial charge in [-0.2, -0.15) is 15.2 Å². The number of rotatable bonds is 11. The van der Waals surface area contributed by atoms with Crippen LogP contribution >= 0.6 is 11.3 Å². The summed E-state index contributed by atoms with van der Waals surface area (Å²) in [5.74, 6) is -0.672. The van der Waals surface area contributed by atoms with Crippen LogP contribution in [0.15, 0.2) is 35.0 Å². The SMILES string of the molecule is C=Nc1sc2c(F)ccc(-c3ncc4c(N(C)CC5(N(C)C)CCC5)nc(OCC5(C/C=C6/CCCOCC67CC7)CC5)nc4c3F)c2c1C#N. The number of halogens is 2. The van der Waals surface area contributed by atoms with Gasteiger partial charge >= 0.3 is 6.01 Å². The Morgan fingerprint density at radius 3 is 2.59 bits per heavy atom. The highest BCUT2D eigenvalue weighted by Gasteiger charge is 2.48. The molecule has 0 amide bonds. The number of nitrogens with zero attached hydrogens (tertiary/aromatic N) is 7. The molecule has 4 aliphatic rings. The molecule has 3 aliphatic carbocycles. The summed E-state index contributed by atoms with van der Waals surface area (Å²) in [5.41, 5.74) is 2.23. The molecule has 266 valence electrons. The van der Waals surface area contributed by atoms with Gasteiger partial charge < -0.3 is 19.3 Å². The summed E-state index contributed by atoms with van der Waals surface area (Å²) in [6.07, 6.45) is 14.9. The van der Waals surface area contributed by atoms with Gasteiger partial charge in [0, 0.05) is 53.7 Å². The highest BCUT2D eigenvalue weighted by atomic mass is 32.1. The molecule has 12 heteroatoms. The molecule has 4 fully saturated rings. The molecule has 9 nitrogen and oxygen atoms in total. The zero-order chi connectivity index (χ0) is 35.5. The van der Waals surface area contributed by atoms with E-state index in [1.54, 1.807) is 11.8 Å². The maximum atomic E-state index is 16.9. The van der Waals surface area contributed by atoms with E-state index in [9.17, 15) is 9.65 Å². The second-order valence-electron chi connectivity index (χ2n) is 15.4. The summed E-state index contributed by atoms with van der Waals surface area (Å²) in [6, 6.07) is 4.94. The van der Waals surface area contributed by atoms with Gasteiger partial charge in [0.2, 0.25) is 0 Å². The number of pyridine rings is 1. The van der Waals surface area contributed by atoms with E-state index in [2.05, 4.69) is 57.7 Å². The number of allylic oxidation sites excluding steroid dienone is 1. The fraction of sp³-hybridized carbons (Fsp3) is 0.513. The minimum absolute atomic E-state index is 0.00669. The number of thiophene rings is 1. The van der Waals surface area contributed by atoms with E-state index >= 15 is 4.39 Å². The quantitative estimate of drug-likeness (QED) is 0.113. The summed E-state index contributed by atoms with van der Waals surface area (Å²) in [7, 11) is 6.17. The minimum Gasteiger partial charge on any atom is -0.463 e. The third kappa shape index (κ3) is 5.97. The number of hydrogen-bond acceptors (Lipinski definition) is 10. The molecular formula is C39H43F2N7O2S. The number of aromatic nitrogens is 3. The Morgan fingerprint density at radius 2 is 1.92 bits per heavy atom. The van der Waals surface area contributed by atoms with Crippen LogP contribution in [0.4, 0.5) is 19.6 Å². The molecule has 51 heavy (non-hydrogen) atoms. The van der Waals surface area contributed by atoms with Crippen LogP contribution < -0.4 is 9.64 Å². The largest absolute Gasteiger partial charge is 0.463 e. The predicted octanol–water partition coefficient (Wildman–Crippen LogP) is 8.38. The molecule has 4 aromatic rings. The second-order valence-corrected chi connectivity index (χ2v) is 16.4. The summed E-state index contributed by atoms with van der Waals surface area (Å²) in [5, 5.41) is 11.0. The lowest BCUT2D eigenvalue weighted by Crippen LogP contribution is -2.56. The number of hydrogen-bond donors (Lipinski definition) is 0. The van der Waals surface area contributed by atoms with Crippen molar-refractivity contribution in [3.63, 3.8) is 0 Å². The van der Waals surface area contributed by atoms with Gasteiger partial charge in [-0.3, -0.25) is 9.98 Å². The van der Waals surface area contributed by atoms with Crippen molar-refractivity contribution < 1.29 is 18.3 Å². The van der Waals surface area contributed by atoms with Crippen LogP contribution in [-0.2, 0) is 4.74 Å². The van der Waals surface area contributed by atoms with Gasteiger partial charge in [0.25, 0.3) is 0 Å². The zero-order valence-corrected chi connectivity index (χ0v) is 30.3. The lowest BCUT2D eigenvalue weighted by atomic mass is 9.75. The van der Waals surface area contributed by atoms with E-state index < -0.39 is 11.6 Å². The maximum Gasteiger partial charge on any atom is 0.319 e. The Labute approximate surface area is 301 Å². The highest BCUT2D eigenvalue weighted by Crippen LogP contribution is 2.56. The molecule has 0 atom stereocenters. The van der Waals surface area contributed by atoms with Crippen molar-refractivity contribution in [2.45, 2.75) is 69.7 Å². The van der Waals surface area contributed by atoms with Crippen LogP contribution in [-0.4, -0.2) is 79.6 Å². The first-order valence-corrected chi connectivity index (χ1v) is 18.7. The molecule has 0 radical (unpaired) electrons. The Balaban J connectivity index is 1.17. The Hall–Kier alpha value is -4.05. The molecule has 1 aromatic carbocycles. The van der Waals surface area contributed by atoms with E-state index in [1.807, 2.05) is 7.05 Å². The smallest absolute Gasteiger partial charge is 0.319 e. The Bertz CT molecular complexity index is 2110. The normalized spacial score (nSPS) is 20.7. The molecule has 1 aliphatic heterocycles.